The Morgan fingerprint density at radius 3 is 2.72 bits per heavy atom. The number of anilines is 1. The summed E-state index contributed by atoms with van der Waals surface area (Å²) >= 11 is 5.63. The summed E-state index contributed by atoms with van der Waals surface area (Å²) in [6.07, 6.45) is 8.35. The van der Waals surface area contributed by atoms with Gasteiger partial charge in [0.2, 0.25) is 5.89 Å². The fourth-order valence-corrected chi connectivity index (χ4v) is 2.83. The minimum atomic E-state index is 0.488. The van der Waals surface area contributed by atoms with Gasteiger partial charge in [-0.15, -0.1) is 16.7 Å². The van der Waals surface area contributed by atoms with Crippen molar-refractivity contribution in [3.63, 3.8) is 0 Å². The number of hydrogen-bond acceptors (Lipinski definition) is 4. The molecule has 0 spiro atoms. The lowest BCUT2D eigenvalue weighted by atomic mass is 9.83. The van der Waals surface area contributed by atoms with Gasteiger partial charge in [0.1, 0.15) is 0 Å². The molecule has 0 bridgehead atoms. The molecule has 1 fully saturated rings. The Bertz CT molecular complexity index is 348. The molecule has 1 aromatic heterocycles. The van der Waals surface area contributed by atoms with Crippen molar-refractivity contribution in [2.45, 2.75) is 57.9 Å². The summed E-state index contributed by atoms with van der Waals surface area (Å²) in [5, 5.41) is 11.3. The highest BCUT2D eigenvalue weighted by Crippen LogP contribution is 2.29. The van der Waals surface area contributed by atoms with Crippen molar-refractivity contribution < 1.29 is 4.42 Å². The van der Waals surface area contributed by atoms with Crippen molar-refractivity contribution >= 4 is 17.6 Å². The van der Waals surface area contributed by atoms with Crippen LogP contribution in [0.1, 0.15) is 51.3 Å². The zero-order valence-corrected chi connectivity index (χ0v) is 11.7. The predicted molar refractivity (Wildman–Crippen MR) is 73.0 cm³/mol. The monoisotopic (exact) mass is 271 g/mol. The normalized spacial score (nSPS) is 24.1. The molecule has 0 amide bonds. The number of alkyl halides is 1. The second kappa shape index (κ2) is 6.98. The number of halogens is 1. The Hall–Kier alpha value is -0.770. The SMILES string of the molecule is CCCC1CCC(Nc2nnc(CCCl)o2)CC1. The van der Waals surface area contributed by atoms with Gasteiger partial charge >= 0.3 is 6.01 Å². The van der Waals surface area contributed by atoms with Gasteiger partial charge in [-0.1, -0.05) is 24.9 Å². The first kappa shape index (κ1) is 13.7. The van der Waals surface area contributed by atoms with E-state index < -0.39 is 0 Å². The van der Waals surface area contributed by atoms with E-state index in [2.05, 4.69) is 22.4 Å². The van der Waals surface area contributed by atoms with Gasteiger partial charge in [-0.25, -0.2) is 0 Å². The lowest BCUT2D eigenvalue weighted by molar-refractivity contribution is 0.315. The van der Waals surface area contributed by atoms with Gasteiger partial charge in [-0.3, -0.25) is 0 Å². The van der Waals surface area contributed by atoms with E-state index in [-0.39, 0.29) is 0 Å². The smallest absolute Gasteiger partial charge is 0.315 e. The van der Waals surface area contributed by atoms with Crippen LogP contribution in [0.15, 0.2) is 4.42 Å². The molecule has 1 aliphatic carbocycles. The number of nitrogens with zero attached hydrogens (tertiary/aromatic N) is 2. The van der Waals surface area contributed by atoms with Gasteiger partial charge in [0, 0.05) is 18.3 Å². The van der Waals surface area contributed by atoms with Crippen molar-refractivity contribution in [1.29, 1.82) is 0 Å². The minimum Gasteiger partial charge on any atom is -0.408 e. The second-order valence-corrected chi connectivity index (χ2v) is 5.47. The zero-order chi connectivity index (χ0) is 12.8. The second-order valence-electron chi connectivity index (χ2n) is 5.09. The van der Waals surface area contributed by atoms with E-state index in [4.69, 9.17) is 16.0 Å². The molecule has 0 saturated heterocycles. The number of aryl methyl sites for hydroxylation is 1. The molecule has 18 heavy (non-hydrogen) atoms. The Balaban J connectivity index is 1.76. The molecule has 0 atom stereocenters. The third-order valence-corrected chi connectivity index (χ3v) is 3.84. The van der Waals surface area contributed by atoms with Crippen molar-refractivity contribution in [1.82, 2.24) is 10.2 Å². The lowest BCUT2D eigenvalue weighted by Gasteiger charge is -2.28. The summed E-state index contributed by atoms with van der Waals surface area (Å²) in [6.45, 7) is 2.27. The van der Waals surface area contributed by atoms with Gasteiger partial charge < -0.3 is 9.73 Å². The van der Waals surface area contributed by atoms with Gasteiger partial charge in [0.25, 0.3) is 0 Å². The molecule has 1 saturated carbocycles. The standard InChI is InChI=1S/C13H22ClN3O/c1-2-3-10-4-6-11(7-5-10)15-13-17-16-12(18-13)8-9-14/h10-11H,2-9H2,1H3,(H,15,17). The minimum absolute atomic E-state index is 0.488. The van der Waals surface area contributed by atoms with Crippen LogP contribution >= 0.6 is 11.6 Å². The van der Waals surface area contributed by atoms with E-state index in [1.165, 1.54) is 38.5 Å². The van der Waals surface area contributed by atoms with Crippen molar-refractivity contribution in [2.24, 2.45) is 5.92 Å². The Labute approximate surface area is 113 Å². The molecule has 1 aromatic rings. The van der Waals surface area contributed by atoms with Crippen LogP contribution in [-0.4, -0.2) is 22.1 Å². The highest BCUT2D eigenvalue weighted by atomic mass is 35.5. The Morgan fingerprint density at radius 2 is 2.06 bits per heavy atom. The fraction of sp³-hybridized carbons (Fsp3) is 0.846. The van der Waals surface area contributed by atoms with Crippen molar-refractivity contribution in [2.75, 3.05) is 11.2 Å². The van der Waals surface area contributed by atoms with E-state index >= 15 is 0 Å². The molecule has 0 radical (unpaired) electrons. The predicted octanol–water partition coefficient (Wildman–Crippen LogP) is 3.62. The molecule has 0 aromatic carbocycles. The molecule has 0 aliphatic heterocycles. The number of hydrogen-bond donors (Lipinski definition) is 1. The van der Waals surface area contributed by atoms with Crippen LogP contribution in [-0.2, 0) is 6.42 Å². The summed E-state index contributed by atoms with van der Waals surface area (Å²) in [7, 11) is 0. The molecule has 102 valence electrons. The first-order valence-electron chi connectivity index (χ1n) is 6.96. The number of rotatable bonds is 6. The van der Waals surface area contributed by atoms with E-state index in [9.17, 15) is 0 Å². The zero-order valence-electron chi connectivity index (χ0n) is 11.0. The molecular formula is C13H22ClN3O. The van der Waals surface area contributed by atoms with Crippen LogP contribution in [0.25, 0.3) is 0 Å². The maximum Gasteiger partial charge on any atom is 0.315 e. The third-order valence-electron chi connectivity index (χ3n) is 3.65. The lowest BCUT2D eigenvalue weighted by Crippen LogP contribution is -2.26. The number of aromatic nitrogens is 2. The molecular weight excluding hydrogens is 250 g/mol. The highest BCUT2D eigenvalue weighted by Gasteiger charge is 2.21. The quantitative estimate of drug-likeness (QED) is 0.803. The van der Waals surface area contributed by atoms with E-state index in [1.807, 2.05) is 0 Å². The largest absolute Gasteiger partial charge is 0.408 e. The average Bonchev–Trinajstić information content (AvgIpc) is 2.80. The van der Waals surface area contributed by atoms with Crippen LogP contribution < -0.4 is 5.32 Å². The van der Waals surface area contributed by atoms with E-state index in [1.54, 1.807) is 0 Å². The molecule has 1 N–H and O–H groups in total. The third kappa shape index (κ3) is 3.87. The summed E-state index contributed by atoms with van der Waals surface area (Å²) in [6, 6.07) is 1.04. The van der Waals surface area contributed by atoms with Gasteiger partial charge in [-0.2, -0.15) is 0 Å². The fourth-order valence-electron chi connectivity index (χ4n) is 2.67. The molecule has 0 unspecified atom stereocenters. The summed E-state index contributed by atoms with van der Waals surface area (Å²) in [5.41, 5.74) is 0. The molecule has 2 rings (SSSR count). The van der Waals surface area contributed by atoms with Gasteiger partial charge in [0.15, 0.2) is 0 Å². The first-order valence-corrected chi connectivity index (χ1v) is 7.50. The van der Waals surface area contributed by atoms with Crippen LogP contribution in [0.4, 0.5) is 6.01 Å². The molecule has 1 heterocycles. The Kier molecular flexibility index (Phi) is 5.29. The summed E-state index contributed by atoms with van der Waals surface area (Å²) < 4.78 is 5.48. The maximum absolute atomic E-state index is 5.63. The summed E-state index contributed by atoms with van der Waals surface area (Å²) in [4.78, 5) is 0. The van der Waals surface area contributed by atoms with Crippen LogP contribution in [0.3, 0.4) is 0 Å². The first-order chi connectivity index (χ1) is 8.81. The topological polar surface area (TPSA) is 51.0 Å². The van der Waals surface area contributed by atoms with Crippen molar-refractivity contribution in [3.8, 4) is 0 Å². The van der Waals surface area contributed by atoms with Gasteiger partial charge in [0.05, 0.1) is 0 Å². The number of nitrogens with one attached hydrogen (secondary N) is 1. The Morgan fingerprint density at radius 1 is 1.28 bits per heavy atom. The van der Waals surface area contributed by atoms with Gasteiger partial charge in [-0.05, 0) is 31.6 Å². The maximum atomic E-state index is 5.63. The van der Waals surface area contributed by atoms with Crippen LogP contribution in [0, 0.1) is 5.92 Å². The van der Waals surface area contributed by atoms with E-state index in [0.717, 1.165) is 5.92 Å². The molecule has 1 aliphatic rings. The molecule has 4 nitrogen and oxygen atoms in total. The summed E-state index contributed by atoms with van der Waals surface area (Å²) in [5.74, 6) is 2.05. The average molecular weight is 272 g/mol. The van der Waals surface area contributed by atoms with E-state index in [0.29, 0.717) is 30.2 Å². The van der Waals surface area contributed by atoms with Crippen molar-refractivity contribution in [3.05, 3.63) is 5.89 Å². The highest BCUT2D eigenvalue weighted by molar-refractivity contribution is 6.17. The van der Waals surface area contributed by atoms with Crippen LogP contribution in [0.5, 0.6) is 0 Å². The molecule has 5 heteroatoms. The van der Waals surface area contributed by atoms with Crippen LogP contribution in [0.2, 0.25) is 0 Å².